The summed E-state index contributed by atoms with van der Waals surface area (Å²) in [6, 6.07) is 9.57. The number of nitro benzene ring substituents is 1. The maximum absolute atomic E-state index is 12.3. The van der Waals surface area contributed by atoms with E-state index in [9.17, 15) is 23.7 Å². The van der Waals surface area contributed by atoms with E-state index in [2.05, 4.69) is 4.74 Å². The van der Waals surface area contributed by atoms with Crippen LogP contribution < -0.4 is 4.74 Å². The molecule has 5 nitrogen and oxygen atoms in total. The Kier molecular flexibility index (Phi) is 5.59. The summed E-state index contributed by atoms with van der Waals surface area (Å²) < 4.78 is 29.0. The van der Waals surface area contributed by atoms with E-state index < -0.39 is 23.0 Å². The molecule has 0 saturated carbocycles. The van der Waals surface area contributed by atoms with Gasteiger partial charge in [0.15, 0.2) is 5.78 Å². The van der Waals surface area contributed by atoms with Gasteiger partial charge in [-0.1, -0.05) is 29.8 Å². The molecule has 8 heteroatoms. The zero-order chi connectivity index (χ0) is 17.7. The average Bonchev–Trinajstić information content (AvgIpc) is 2.53. The highest BCUT2D eigenvalue weighted by Crippen LogP contribution is 2.26. The van der Waals surface area contributed by atoms with Crippen LogP contribution in [0, 0.1) is 10.1 Å². The molecule has 0 aromatic heterocycles. The first-order valence-corrected chi connectivity index (χ1v) is 6.96. The molecule has 0 aliphatic rings. The van der Waals surface area contributed by atoms with Crippen molar-refractivity contribution in [1.82, 2.24) is 0 Å². The Hall–Kier alpha value is -2.80. The normalized spacial score (nSPS) is 11.0. The minimum absolute atomic E-state index is 0.0506. The van der Waals surface area contributed by atoms with Crippen molar-refractivity contribution in [2.24, 2.45) is 0 Å². The number of nitrogens with zero attached hydrogens (tertiary/aromatic N) is 1. The second kappa shape index (κ2) is 7.65. The number of carbonyl (C=O) groups is 1. The minimum atomic E-state index is -2.99. The number of nitro groups is 1. The van der Waals surface area contributed by atoms with Crippen LogP contribution in [0.5, 0.6) is 5.75 Å². The van der Waals surface area contributed by atoms with Gasteiger partial charge in [-0.2, -0.15) is 8.78 Å². The summed E-state index contributed by atoms with van der Waals surface area (Å²) in [6.07, 6.45) is 2.40. The lowest BCUT2D eigenvalue weighted by Crippen LogP contribution is -2.03. The number of rotatable bonds is 6. The SMILES string of the molecule is O=C(/C=C/c1ccccc1OC(F)F)c1ccc(Cl)c([N+](=O)[O-])c1. The highest BCUT2D eigenvalue weighted by molar-refractivity contribution is 6.32. The molecule has 0 spiro atoms. The van der Waals surface area contributed by atoms with Gasteiger partial charge in [0.1, 0.15) is 10.8 Å². The zero-order valence-electron chi connectivity index (χ0n) is 12.0. The third-order valence-corrected chi connectivity index (χ3v) is 3.30. The Labute approximate surface area is 140 Å². The third kappa shape index (κ3) is 4.36. The zero-order valence-corrected chi connectivity index (χ0v) is 12.7. The van der Waals surface area contributed by atoms with Crippen molar-refractivity contribution in [2.45, 2.75) is 6.61 Å². The molecule has 0 bridgehead atoms. The van der Waals surface area contributed by atoms with Crippen molar-refractivity contribution < 1.29 is 23.2 Å². The number of para-hydroxylation sites is 1. The van der Waals surface area contributed by atoms with Crippen LogP contribution >= 0.6 is 11.6 Å². The summed E-state index contributed by atoms with van der Waals surface area (Å²) in [5, 5.41) is 10.7. The van der Waals surface area contributed by atoms with E-state index >= 15 is 0 Å². The second-order valence-corrected chi connectivity index (χ2v) is 4.94. The molecule has 0 amide bonds. The van der Waals surface area contributed by atoms with Crippen LogP contribution in [-0.4, -0.2) is 17.3 Å². The molecule has 0 unspecified atom stereocenters. The predicted molar refractivity (Wildman–Crippen MR) is 84.5 cm³/mol. The Morgan fingerprint density at radius 1 is 1.25 bits per heavy atom. The van der Waals surface area contributed by atoms with Gasteiger partial charge in [0.2, 0.25) is 0 Å². The highest BCUT2D eigenvalue weighted by Gasteiger charge is 2.15. The fourth-order valence-electron chi connectivity index (χ4n) is 1.89. The van der Waals surface area contributed by atoms with E-state index in [1.807, 2.05) is 0 Å². The second-order valence-electron chi connectivity index (χ2n) is 4.54. The van der Waals surface area contributed by atoms with E-state index in [4.69, 9.17) is 11.6 Å². The van der Waals surface area contributed by atoms with E-state index in [-0.39, 0.29) is 21.9 Å². The van der Waals surface area contributed by atoms with Gasteiger partial charge < -0.3 is 4.74 Å². The topological polar surface area (TPSA) is 69.4 Å². The van der Waals surface area contributed by atoms with Crippen molar-refractivity contribution in [3.8, 4) is 5.75 Å². The molecule has 0 aliphatic carbocycles. The van der Waals surface area contributed by atoms with Gasteiger partial charge in [-0.3, -0.25) is 14.9 Å². The van der Waals surface area contributed by atoms with Gasteiger partial charge in [-0.25, -0.2) is 0 Å². The number of allylic oxidation sites excluding steroid dienone is 1. The first-order chi connectivity index (χ1) is 11.4. The fourth-order valence-corrected chi connectivity index (χ4v) is 2.08. The number of hydrogen-bond acceptors (Lipinski definition) is 4. The third-order valence-electron chi connectivity index (χ3n) is 2.98. The Bertz CT molecular complexity index is 808. The van der Waals surface area contributed by atoms with Crippen LogP contribution in [0.25, 0.3) is 6.08 Å². The molecular formula is C16H10ClF2NO4. The van der Waals surface area contributed by atoms with E-state index in [1.165, 1.54) is 36.4 Å². The molecule has 0 heterocycles. The molecule has 0 atom stereocenters. The summed E-state index contributed by atoms with van der Waals surface area (Å²) in [5.41, 5.74) is -0.0680. The number of benzene rings is 2. The van der Waals surface area contributed by atoms with Crippen molar-refractivity contribution in [3.05, 3.63) is 74.8 Å². The number of alkyl halides is 2. The van der Waals surface area contributed by atoms with Gasteiger partial charge in [0.25, 0.3) is 5.69 Å². The minimum Gasteiger partial charge on any atom is -0.434 e. The van der Waals surface area contributed by atoms with Crippen LogP contribution in [0.1, 0.15) is 15.9 Å². The lowest BCUT2D eigenvalue weighted by Gasteiger charge is -2.07. The van der Waals surface area contributed by atoms with Crippen molar-refractivity contribution in [2.75, 3.05) is 0 Å². The van der Waals surface area contributed by atoms with Crippen molar-refractivity contribution in [1.29, 1.82) is 0 Å². The lowest BCUT2D eigenvalue weighted by molar-refractivity contribution is -0.384. The largest absolute Gasteiger partial charge is 0.434 e. The molecule has 2 rings (SSSR count). The summed E-state index contributed by atoms with van der Waals surface area (Å²) in [5.74, 6) is -0.625. The maximum atomic E-state index is 12.3. The van der Waals surface area contributed by atoms with Gasteiger partial charge in [-0.15, -0.1) is 0 Å². The maximum Gasteiger partial charge on any atom is 0.387 e. The summed E-state index contributed by atoms with van der Waals surface area (Å²) in [4.78, 5) is 22.2. The summed E-state index contributed by atoms with van der Waals surface area (Å²) in [6.45, 7) is -2.99. The number of ether oxygens (including phenoxy) is 1. The van der Waals surface area contributed by atoms with Gasteiger partial charge in [-0.05, 0) is 30.4 Å². The van der Waals surface area contributed by atoms with Crippen molar-refractivity contribution in [3.63, 3.8) is 0 Å². The monoisotopic (exact) mass is 353 g/mol. The number of hydrogen-bond donors (Lipinski definition) is 0. The molecule has 0 saturated heterocycles. The summed E-state index contributed by atoms with van der Waals surface area (Å²) >= 11 is 5.68. The average molecular weight is 354 g/mol. The molecule has 0 radical (unpaired) electrons. The fraction of sp³-hybridized carbons (Fsp3) is 0.0625. The molecule has 0 fully saturated rings. The summed E-state index contributed by atoms with van der Waals surface area (Å²) in [7, 11) is 0. The molecule has 24 heavy (non-hydrogen) atoms. The van der Waals surface area contributed by atoms with Crippen LogP contribution in [0.4, 0.5) is 14.5 Å². The van der Waals surface area contributed by atoms with Gasteiger partial charge >= 0.3 is 6.61 Å². The van der Waals surface area contributed by atoms with Crippen molar-refractivity contribution >= 4 is 29.1 Å². The Morgan fingerprint density at radius 2 is 1.96 bits per heavy atom. The van der Waals surface area contributed by atoms with E-state index in [0.717, 1.165) is 12.1 Å². The molecule has 0 aliphatic heterocycles. The number of ketones is 1. The first-order valence-electron chi connectivity index (χ1n) is 6.58. The highest BCUT2D eigenvalue weighted by atomic mass is 35.5. The molecular weight excluding hydrogens is 344 g/mol. The van der Waals surface area contributed by atoms with Crippen LogP contribution in [0.2, 0.25) is 5.02 Å². The molecule has 2 aromatic carbocycles. The smallest absolute Gasteiger partial charge is 0.387 e. The van der Waals surface area contributed by atoms with E-state index in [1.54, 1.807) is 6.07 Å². The quantitative estimate of drug-likeness (QED) is 0.325. The van der Waals surface area contributed by atoms with Crippen LogP contribution in [-0.2, 0) is 0 Å². The van der Waals surface area contributed by atoms with E-state index in [0.29, 0.717) is 0 Å². The Balaban J connectivity index is 2.26. The van der Waals surface area contributed by atoms with Gasteiger partial charge in [0.05, 0.1) is 4.92 Å². The number of halogens is 3. The molecule has 0 N–H and O–H groups in total. The number of carbonyl (C=O) groups excluding carboxylic acids is 1. The Morgan fingerprint density at radius 3 is 2.62 bits per heavy atom. The van der Waals surface area contributed by atoms with Crippen LogP contribution in [0.15, 0.2) is 48.5 Å². The molecule has 124 valence electrons. The van der Waals surface area contributed by atoms with Crippen LogP contribution in [0.3, 0.4) is 0 Å². The first kappa shape index (κ1) is 17.6. The molecule has 2 aromatic rings. The van der Waals surface area contributed by atoms with Gasteiger partial charge in [0, 0.05) is 17.2 Å². The standard InChI is InChI=1S/C16H10ClF2NO4/c17-12-7-5-11(9-13(12)20(22)23)14(21)8-6-10-3-1-2-4-15(10)24-16(18)19/h1-9,16H/b8-6+. The predicted octanol–water partition coefficient (Wildman–Crippen LogP) is 4.75. The lowest BCUT2D eigenvalue weighted by atomic mass is 10.1.